The summed E-state index contributed by atoms with van der Waals surface area (Å²) in [5.41, 5.74) is 1.72. The van der Waals surface area contributed by atoms with Gasteiger partial charge in [-0.25, -0.2) is 0 Å². The highest BCUT2D eigenvalue weighted by atomic mass is 16.3. The van der Waals surface area contributed by atoms with Crippen molar-refractivity contribution in [3.05, 3.63) is 35.4 Å². The first kappa shape index (κ1) is 9.13. The number of phenols is 2. The fourth-order valence-corrected chi connectivity index (χ4v) is 2.10. The molecule has 2 N–H and O–H groups in total. The number of fused-ring (bicyclic) bond motifs is 1. The molecule has 74 valence electrons. The molecule has 1 aliphatic rings. The summed E-state index contributed by atoms with van der Waals surface area (Å²) in [5, 5.41) is 19.4. The third kappa shape index (κ3) is 1.18. The predicted octanol–water partition coefficient (Wildman–Crippen LogP) is 2.87. The fraction of sp³-hybridized carbons (Fsp3) is 0.333. The van der Waals surface area contributed by atoms with Crippen LogP contribution < -0.4 is 0 Å². The smallest absolute Gasteiger partial charge is 0.119 e. The third-order valence-corrected chi connectivity index (χ3v) is 2.84. The van der Waals surface area contributed by atoms with Crippen LogP contribution in [0.2, 0.25) is 0 Å². The molecule has 1 aromatic rings. The van der Waals surface area contributed by atoms with Gasteiger partial charge in [0.25, 0.3) is 0 Å². The molecule has 0 amide bonds. The van der Waals surface area contributed by atoms with Crippen LogP contribution in [0.3, 0.4) is 0 Å². The number of aromatic hydroxyl groups is 2. The van der Waals surface area contributed by atoms with Gasteiger partial charge in [-0.15, -0.1) is 0 Å². The Labute approximate surface area is 83.5 Å². The van der Waals surface area contributed by atoms with Gasteiger partial charge in [-0.2, -0.15) is 0 Å². The molecule has 0 heterocycles. The zero-order valence-corrected chi connectivity index (χ0v) is 8.36. The lowest BCUT2D eigenvalue weighted by Crippen LogP contribution is -2.05. The highest BCUT2D eigenvalue weighted by molar-refractivity contribution is 5.54. The largest absolute Gasteiger partial charge is 0.508 e. The van der Waals surface area contributed by atoms with Gasteiger partial charge in [-0.05, 0) is 12.1 Å². The van der Waals surface area contributed by atoms with E-state index in [4.69, 9.17) is 0 Å². The van der Waals surface area contributed by atoms with E-state index in [0.29, 0.717) is 0 Å². The molecule has 2 heteroatoms. The van der Waals surface area contributed by atoms with Crippen molar-refractivity contribution < 1.29 is 10.2 Å². The van der Waals surface area contributed by atoms with E-state index in [1.165, 1.54) is 0 Å². The number of phenolic OH excluding ortho intramolecular Hbond substituents is 2. The molecule has 2 atom stereocenters. The van der Waals surface area contributed by atoms with Gasteiger partial charge >= 0.3 is 0 Å². The Morgan fingerprint density at radius 3 is 1.57 bits per heavy atom. The molecular weight excluding hydrogens is 176 g/mol. The molecule has 0 saturated heterocycles. The summed E-state index contributed by atoms with van der Waals surface area (Å²) in [5.74, 6) is 0.907. The maximum atomic E-state index is 9.72. The Kier molecular flexibility index (Phi) is 1.99. The molecule has 2 unspecified atom stereocenters. The number of hydrogen-bond acceptors (Lipinski definition) is 2. The van der Waals surface area contributed by atoms with Crippen LogP contribution >= 0.6 is 0 Å². The molecule has 14 heavy (non-hydrogen) atoms. The van der Waals surface area contributed by atoms with Crippen molar-refractivity contribution in [2.45, 2.75) is 25.7 Å². The van der Waals surface area contributed by atoms with Gasteiger partial charge < -0.3 is 10.2 Å². The summed E-state index contributed by atoms with van der Waals surface area (Å²) in [6, 6.07) is 3.10. The van der Waals surface area contributed by atoms with Crippen LogP contribution in [0, 0.1) is 0 Å². The summed E-state index contributed by atoms with van der Waals surface area (Å²) in [6.07, 6.45) is 4.12. The highest BCUT2D eigenvalue weighted by Gasteiger charge is 2.23. The van der Waals surface area contributed by atoms with Crippen LogP contribution in [-0.2, 0) is 0 Å². The molecule has 1 aliphatic carbocycles. The molecule has 2 nitrogen and oxygen atoms in total. The normalized spacial score (nSPS) is 24.7. The van der Waals surface area contributed by atoms with Crippen LogP contribution in [0.5, 0.6) is 11.5 Å². The van der Waals surface area contributed by atoms with Gasteiger partial charge in [0.1, 0.15) is 11.5 Å². The summed E-state index contributed by atoms with van der Waals surface area (Å²) in [4.78, 5) is 0. The minimum atomic E-state index is 0.174. The lowest BCUT2D eigenvalue weighted by atomic mass is 9.82. The van der Waals surface area contributed by atoms with Crippen molar-refractivity contribution in [2.24, 2.45) is 0 Å². The maximum absolute atomic E-state index is 9.72. The fourth-order valence-electron chi connectivity index (χ4n) is 2.10. The first-order valence-corrected chi connectivity index (χ1v) is 4.84. The molecule has 2 rings (SSSR count). The topological polar surface area (TPSA) is 40.5 Å². The standard InChI is InChI=1S/C12H14O2/c1-7-3-4-8(2)12-10(14)6-5-9(13)11(7)12/h3-8,13-14H,1-2H3. The second-order valence-corrected chi connectivity index (χ2v) is 3.89. The van der Waals surface area contributed by atoms with Crippen molar-refractivity contribution >= 4 is 0 Å². The number of benzene rings is 1. The second kappa shape index (κ2) is 3.05. The van der Waals surface area contributed by atoms with E-state index in [2.05, 4.69) is 12.2 Å². The molecule has 0 fully saturated rings. The maximum Gasteiger partial charge on any atom is 0.119 e. The average molecular weight is 190 g/mol. The third-order valence-electron chi connectivity index (χ3n) is 2.84. The Morgan fingerprint density at radius 1 is 0.857 bits per heavy atom. The second-order valence-electron chi connectivity index (χ2n) is 3.89. The minimum absolute atomic E-state index is 0.174. The van der Waals surface area contributed by atoms with Crippen molar-refractivity contribution in [3.63, 3.8) is 0 Å². The molecular formula is C12H14O2. The van der Waals surface area contributed by atoms with Crippen LogP contribution in [0.4, 0.5) is 0 Å². The van der Waals surface area contributed by atoms with E-state index in [9.17, 15) is 10.2 Å². The molecule has 1 aromatic carbocycles. The van der Waals surface area contributed by atoms with Gasteiger partial charge in [0, 0.05) is 23.0 Å². The zero-order valence-electron chi connectivity index (χ0n) is 8.36. The van der Waals surface area contributed by atoms with Crippen molar-refractivity contribution in [2.75, 3.05) is 0 Å². The van der Waals surface area contributed by atoms with Gasteiger partial charge in [0.15, 0.2) is 0 Å². The van der Waals surface area contributed by atoms with Gasteiger partial charge in [0.05, 0.1) is 0 Å². The monoisotopic (exact) mass is 190 g/mol. The first-order chi connectivity index (χ1) is 6.61. The molecule has 0 bridgehead atoms. The quantitative estimate of drug-likeness (QED) is 0.488. The molecule has 0 spiro atoms. The highest BCUT2D eigenvalue weighted by Crippen LogP contribution is 2.43. The lowest BCUT2D eigenvalue weighted by Gasteiger charge is -2.24. The summed E-state index contributed by atoms with van der Waals surface area (Å²) >= 11 is 0. The molecule has 0 aromatic heterocycles. The van der Waals surface area contributed by atoms with Crippen LogP contribution in [0.25, 0.3) is 0 Å². The Hall–Kier alpha value is -1.44. The molecule has 0 saturated carbocycles. The number of rotatable bonds is 0. The van der Waals surface area contributed by atoms with E-state index < -0.39 is 0 Å². The predicted molar refractivity (Wildman–Crippen MR) is 55.7 cm³/mol. The lowest BCUT2D eigenvalue weighted by molar-refractivity contribution is 0.443. The summed E-state index contributed by atoms with van der Waals surface area (Å²) in [7, 11) is 0. The number of allylic oxidation sites excluding steroid dienone is 2. The van der Waals surface area contributed by atoms with E-state index in [1.54, 1.807) is 12.1 Å². The van der Waals surface area contributed by atoms with Crippen molar-refractivity contribution in [3.8, 4) is 11.5 Å². The van der Waals surface area contributed by atoms with E-state index in [-0.39, 0.29) is 23.3 Å². The van der Waals surface area contributed by atoms with E-state index in [0.717, 1.165) is 11.1 Å². The van der Waals surface area contributed by atoms with Crippen LogP contribution in [-0.4, -0.2) is 10.2 Å². The summed E-state index contributed by atoms with van der Waals surface area (Å²) in [6.45, 7) is 4.03. The van der Waals surface area contributed by atoms with Gasteiger partial charge in [0.2, 0.25) is 0 Å². The molecule has 0 aliphatic heterocycles. The Morgan fingerprint density at radius 2 is 1.21 bits per heavy atom. The van der Waals surface area contributed by atoms with Crippen LogP contribution in [0.15, 0.2) is 24.3 Å². The van der Waals surface area contributed by atoms with Crippen LogP contribution in [0.1, 0.15) is 36.8 Å². The first-order valence-electron chi connectivity index (χ1n) is 4.84. The van der Waals surface area contributed by atoms with E-state index in [1.807, 2.05) is 13.8 Å². The van der Waals surface area contributed by atoms with Crippen molar-refractivity contribution in [1.29, 1.82) is 0 Å². The van der Waals surface area contributed by atoms with E-state index >= 15 is 0 Å². The number of hydrogen-bond donors (Lipinski definition) is 2. The SMILES string of the molecule is CC1C=CC(C)c2c(O)ccc(O)c21. The Balaban J connectivity index is 2.69. The van der Waals surface area contributed by atoms with Gasteiger partial charge in [-0.1, -0.05) is 26.0 Å². The molecule has 0 radical (unpaired) electrons. The average Bonchev–Trinajstić information content (AvgIpc) is 2.16. The van der Waals surface area contributed by atoms with Gasteiger partial charge in [-0.3, -0.25) is 0 Å². The van der Waals surface area contributed by atoms with Crippen molar-refractivity contribution in [1.82, 2.24) is 0 Å². The zero-order chi connectivity index (χ0) is 10.3. The summed E-state index contributed by atoms with van der Waals surface area (Å²) < 4.78 is 0. The minimum Gasteiger partial charge on any atom is -0.508 e. The Bertz CT molecular complexity index is 357.